The van der Waals surface area contributed by atoms with Crippen LogP contribution in [0.4, 0.5) is 0 Å². The Morgan fingerprint density at radius 2 is 1.38 bits per heavy atom. The molecule has 4 heteroatoms. The third-order valence-corrected chi connectivity index (χ3v) is 2.82. The predicted molar refractivity (Wildman–Crippen MR) is 59.4 cm³/mol. The van der Waals surface area contributed by atoms with Gasteiger partial charge in [-0.1, -0.05) is 12.2 Å². The highest BCUT2D eigenvalue weighted by atomic mass is 16.6. The first-order valence-electron chi connectivity index (χ1n) is 5.55. The maximum Gasteiger partial charge on any atom is 0.115 e. The molecule has 0 saturated carbocycles. The van der Waals surface area contributed by atoms with E-state index < -0.39 is 0 Å². The second kappa shape index (κ2) is 5.59. The Morgan fingerprint density at radius 3 is 1.75 bits per heavy atom. The second-order valence-corrected chi connectivity index (χ2v) is 3.92. The van der Waals surface area contributed by atoms with Crippen molar-refractivity contribution in [3.05, 3.63) is 25.3 Å². The van der Waals surface area contributed by atoms with Crippen LogP contribution in [0.25, 0.3) is 0 Å². The van der Waals surface area contributed by atoms with Gasteiger partial charge >= 0.3 is 0 Å². The van der Waals surface area contributed by atoms with Crippen LogP contribution in [0.3, 0.4) is 0 Å². The minimum Gasteiger partial charge on any atom is -0.370 e. The standard InChI is InChI=1S/C12H18O4/c1-3-5-13-9-7-15-12-10(14-6-4-2)8-16-11(9)12/h3-4,9-12H,1-2,5-8H2/t9-,10+,11-,12+. The van der Waals surface area contributed by atoms with Gasteiger partial charge < -0.3 is 18.9 Å². The molecule has 0 spiro atoms. The van der Waals surface area contributed by atoms with Gasteiger partial charge in [-0.25, -0.2) is 0 Å². The van der Waals surface area contributed by atoms with E-state index in [2.05, 4.69) is 13.2 Å². The summed E-state index contributed by atoms with van der Waals surface area (Å²) in [5, 5.41) is 0. The van der Waals surface area contributed by atoms with Gasteiger partial charge in [0.1, 0.15) is 24.4 Å². The van der Waals surface area contributed by atoms with E-state index in [1.807, 2.05) is 0 Å². The lowest BCUT2D eigenvalue weighted by Crippen LogP contribution is -2.34. The highest BCUT2D eigenvalue weighted by Crippen LogP contribution is 2.30. The van der Waals surface area contributed by atoms with Gasteiger partial charge in [-0.3, -0.25) is 0 Å². The Balaban J connectivity index is 1.85. The normalized spacial score (nSPS) is 37.2. The smallest absolute Gasteiger partial charge is 0.115 e. The molecular formula is C12H18O4. The molecule has 0 bridgehead atoms. The fraction of sp³-hybridized carbons (Fsp3) is 0.667. The molecule has 0 amide bonds. The fourth-order valence-electron chi connectivity index (χ4n) is 2.10. The van der Waals surface area contributed by atoms with E-state index in [-0.39, 0.29) is 24.4 Å². The first-order valence-corrected chi connectivity index (χ1v) is 5.55. The molecule has 0 unspecified atom stereocenters. The Kier molecular flexibility index (Phi) is 4.12. The van der Waals surface area contributed by atoms with Crippen LogP contribution >= 0.6 is 0 Å². The number of rotatable bonds is 6. The molecule has 2 aliphatic heterocycles. The van der Waals surface area contributed by atoms with E-state index in [4.69, 9.17) is 18.9 Å². The minimum absolute atomic E-state index is 0.000307. The van der Waals surface area contributed by atoms with Crippen molar-refractivity contribution in [3.8, 4) is 0 Å². The average Bonchev–Trinajstić information content (AvgIpc) is 2.86. The van der Waals surface area contributed by atoms with E-state index in [0.717, 1.165) is 0 Å². The van der Waals surface area contributed by atoms with Gasteiger partial charge in [-0.05, 0) is 0 Å². The molecule has 0 aromatic carbocycles. The van der Waals surface area contributed by atoms with Crippen molar-refractivity contribution in [2.75, 3.05) is 26.4 Å². The highest BCUT2D eigenvalue weighted by molar-refractivity contribution is 4.96. The van der Waals surface area contributed by atoms with E-state index in [1.165, 1.54) is 0 Å². The summed E-state index contributed by atoms with van der Waals surface area (Å²) in [6.45, 7) is 9.43. The van der Waals surface area contributed by atoms with Crippen LogP contribution < -0.4 is 0 Å². The van der Waals surface area contributed by atoms with Crippen molar-refractivity contribution in [3.63, 3.8) is 0 Å². The second-order valence-electron chi connectivity index (χ2n) is 3.92. The molecule has 16 heavy (non-hydrogen) atoms. The molecule has 2 rings (SSSR count). The molecule has 0 aromatic heterocycles. The largest absolute Gasteiger partial charge is 0.370 e. The molecule has 2 saturated heterocycles. The number of ether oxygens (including phenoxy) is 4. The molecular weight excluding hydrogens is 208 g/mol. The molecule has 0 N–H and O–H groups in total. The zero-order valence-electron chi connectivity index (χ0n) is 9.34. The van der Waals surface area contributed by atoms with Crippen LogP contribution in [-0.4, -0.2) is 50.8 Å². The molecule has 0 radical (unpaired) electrons. The molecule has 0 aliphatic carbocycles. The van der Waals surface area contributed by atoms with Crippen LogP contribution in [0, 0.1) is 0 Å². The Morgan fingerprint density at radius 1 is 0.938 bits per heavy atom. The van der Waals surface area contributed by atoms with Gasteiger partial charge in [0, 0.05) is 0 Å². The zero-order valence-corrected chi connectivity index (χ0v) is 9.34. The highest BCUT2D eigenvalue weighted by Gasteiger charge is 2.48. The van der Waals surface area contributed by atoms with Gasteiger partial charge in [-0.15, -0.1) is 13.2 Å². The molecule has 2 fully saturated rings. The Bertz CT molecular complexity index is 227. The van der Waals surface area contributed by atoms with Gasteiger partial charge in [0.25, 0.3) is 0 Å². The molecule has 2 heterocycles. The minimum atomic E-state index is -0.00485. The van der Waals surface area contributed by atoms with Gasteiger partial charge in [-0.2, -0.15) is 0 Å². The van der Waals surface area contributed by atoms with Gasteiger partial charge in [0.05, 0.1) is 26.4 Å². The van der Waals surface area contributed by atoms with E-state index in [9.17, 15) is 0 Å². The molecule has 90 valence electrons. The monoisotopic (exact) mass is 226 g/mol. The van der Waals surface area contributed by atoms with Crippen molar-refractivity contribution in [2.24, 2.45) is 0 Å². The lowest BCUT2D eigenvalue weighted by Gasteiger charge is -2.16. The van der Waals surface area contributed by atoms with Crippen molar-refractivity contribution < 1.29 is 18.9 Å². The lowest BCUT2D eigenvalue weighted by atomic mass is 10.1. The molecule has 4 nitrogen and oxygen atoms in total. The summed E-state index contributed by atoms with van der Waals surface area (Å²) in [6.07, 6.45) is 3.45. The van der Waals surface area contributed by atoms with Crippen LogP contribution in [0.2, 0.25) is 0 Å². The fourth-order valence-corrected chi connectivity index (χ4v) is 2.10. The summed E-state index contributed by atoms with van der Waals surface area (Å²) in [5.41, 5.74) is 0. The number of fused-ring (bicyclic) bond motifs is 1. The first-order chi connectivity index (χ1) is 7.86. The third-order valence-electron chi connectivity index (χ3n) is 2.82. The van der Waals surface area contributed by atoms with Crippen LogP contribution in [0.5, 0.6) is 0 Å². The van der Waals surface area contributed by atoms with Crippen molar-refractivity contribution in [1.82, 2.24) is 0 Å². The Labute approximate surface area is 95.8 Å². The maximum atomic E-state index is 5.65. The van der Waals surface area contributed by atoms with E-state index >= 15 is 0 Å². The summed E-state index contributed by atoms with van der Waals surface area (Å²) in [7, 11) is 0. The van der Waals surface area contributed by atoms with Gasteiger partial charge in [0.2, 0.25) is 0 Å². The zero-order chi connectivity index (χ0) is 11.4. The van der Waals surface area contributed by atoms with Crippen LogP contribution in [0.15, 0.2) is 25.3 Å². The molecule has 4 atom stereocenters. The van der Waals surface area contributed by atoms with Crippen molar-refractivity contribution >= 4 is 0 Å². The summed E-state index contributed by atoms with van der Waals surface area (Å²) >= 11 is 0. The molecule has 0 aromatic rings. The maximum absolute atomic E-state index is 5.65. The van der Waals surface area contributed by atoms with E-state index in [0.29, 0.717) is 26.4 Å². The van der Waals surface area contributed by atoms with Gasteiger partial charge in [0.15, 0.2) is 0 Å². The third kappa shape index (κ3) is 2.35. The van der Waals surface area contributed by atoms with Crippen molar-refractivity contribution in [2.45, 2.75) is 24.4 Å². The predicted octanol–water partition coefficient (Wildman–Crippen LogP) is 0.926. The summed E-state index contributed by atoms with van der Waals surface area (Å²) in [6, 6.07) is 0. The quantitative estimate of drug-likeness (QED) is 0.631. The lowest BCUT2D eigenvalue weighted by molar-refractivity contribution is -0.0402. The summed E-state index contributed by atoms with van der Waals surface area (Å²) < 4.78 is 22.5. The number of hydrogen-bond acceptors (Lipinski definition) is 4. The van der Waals surface area contributed by atoms with Crippen LogP contribution in [0.1, 0.15) is 0 Å². The average molecular weight is 226 g/mol. The summed E-state index contributed by atoms with van der Waals surface area (Å²) in [5.74, 6) is 0. The summed E-state index contributed by atoms with van der Waals surface area (Å²) in [4.78, 5) is 0. The van der Waals surface area contributed by atoms with Crippen molar-refractivity contribution in [1.29, 1.82) is 0 Å². The first kappa shape index (κ1) is 11.8. The number of hydrogen-bond donors (Lipinski definition) is 0. The topological polar surface area (TPSA) is 36.9 Å². The van der Waals surface area contributed by atoms with E-state index in [1.54, 1.807) is 12.2 Å². The Hall–Kier alpha value is -0.680. The molecule has 2 aliphatic rings. The van der Waals surface area contributed by atoms with Crippen LogP contribution in [-0.2, 0) is 18.9 Å². The SMILES string of the molecule is C=CCO[C@H]1CO[C@H]2[C@H]1OC[C@H]2OCC=C.